The van der Waals surface area contributed by atoms with Crippen LogP contribution < -0.4 is 5.32 Å². The summed E-state index contributed by atoms with van der Waals surface area (Å²) in [5.74, 6) is -1.23. The van der Waals surface area contributed by atoms with E-state index in [9.17, 15) is 137 Å². The molecule has 23 rings (SSSR count). The summed E-state index contributed by atoms with van der Waals surface area (Å²) in [6.45, 7) is -7.82. The lowest BCUT2D eigenvalue weighted by molar-refractivity contribution is -0.401. The molecular formula is C57H78N4O42. The highest BCUT2D eigenvalue weighted by Crippen LogP contribution is 2.42. The summed E-state index contributed by atoms with van der Waals surface area (Å²) in [6, 6.07) is 6.08. The highest BCUT2D eigenvalue weighted by molar-refractivity contribution is 5.87. The van der Waals surface area contributed by atoms with Crippen molar-refractivity contribution in [2.24, 2.45) is 0 Å². The molecule has 0 radical (unpaired) electrons. The lowest BCUT2D eigenvalue weighted by Crippen LogP contribution is -2.68. The van der Waals surface area contributed by atoms with E-state index in [1.54, 1.807) is 0 Å². The maximum atomic E-state index is 13.5. The molecule has 21 saturated heterocycles. The van der Waals surface area contributed by atoms with Gasteiger partial charge in [-0.2, -0.15) is 0 Å². The predicted octanol–water partition coefficient (Wildman–Crippen LogP) is -11.5. The molecular weight excluding hydrogens is 1410 g/mol. The Kier molecular flexibility index (Phi) is 26.4. The van der Waals surface area contributed by atoms with Gasteiger partial charge in [0.05, 0.1) is 66.5 Å². The van der Waals surface area contributed by atoms with Gasteiger partial charge in [0, 0.05) is 11.8 Å². The summed E-state index contributed by atoms with van der Waals surface area (Å²) in [6.07, 6.45) is -72.4. The molecule has 14 bridgehead atoms. The molecule has 21 aliphatic heterocycles. The minimum absolute atomic E-state index is 0.0232. The van der Waals surface area contributed by atoms with Crippen LogP contribution in [0.2, 0.25) is 0 Å². The van der Waals surface area contributed by atoms with Crippen LogP contribution in [-0.2, 0) is 75.8 Å². The molecule has 21 aliphatic rings. The van der Waals surface area contributed by atoms with Gasteiger partial charge in [0.25, 0.3) is 5.69 Å². The van der Waals surface area contributed by atoms with Gasteiger partial charge in [-0.1, -0.05) is 12.1 Å². The highest BCUT2D eigenvalue weighted by Gasteiger charge is 2.60. The number of benzene rings is 2. The Morgan fingerprint density at radius 2 is 0.612 bits per heavy atom. The minimum Gasteiger partial charge on any atom is -0.460 e. The highest BCUT2D eigenvalue weighted by atomic mass is 16.8. The number of esters is 1. The lowest BCUT2D eigenvalue weighted by atomic mass is 9.95. The second kappa shape index (κ2) is 34.0. The van der Waals surface area contributed by atoms with Crippen LogP contribution in [0.3, 0.4) is 0 Å². The van der Waals surface area contributed by atoms with E-state index in [-0.39, 0.29) is 11.3 Å². The Hall–Kier alpha value is -5.71. The largest absolute Gasteiger partial charge is 0.460 e. The first-order valence-electron chi connectivity index (χ1n) is 31.7. The Balaban J connectivity index is 0.922. The van der Waals surface area contributed by atoms with Gasteiger partial charge >= 0.3 is 17.3 Å². The number of rotatable bonds is 15. The average molecular weight is 1490 g/mol. The van der Waals surface area contributed by atoms with E-state index in [0.717, 1.165) is 12.2 Å². The van der Waals surface area contributed by atoms with E-state index >= 15 is 0 Å². The van der Waals surface area contributed by atoms with Crippen molar-refractivity contribution in [1.82, 2.24) is 0 Å². The van der Waals surface area contributed by atoms with E-state index < -0.39 is 305 Å². The molecule has 46 nitrogen and oxygen atoms in total. The molecule has 21 heterocycles. The van der Waals surface area contributed by atoms with Gasteiger partial charge in [0.2, 0.25) is 0 Å². The van der Waals surface area contributed by atoms with Gasteiger partial charge in [-0.3, -0.25) is 30.3 Å². The predicted molar refractivity (Wildman–Crippen MR) is 317 cm³/mol. The van der Waals surface area contributed by atoms with E-state index in [0.29, 0.717) is 12.1 Å². The summed E-state index contributed by atoms with van der Waals surface area (Å²) < 4.78 is 86.2. The topological polar surface area (TPSA) is 702 Å². The number of hydrogen-bond donors (Lipinski definition) is 21. The summed E-state index contributed by atoms with van der Waals surface area (Å²) in [7, 11) is 0. The number of ether oxygens (including phenoxy) is 15. The van der Waals surface area contributed by atoms with Crippen LogP contribution in [0.5, 0.6) is 0 Å². The van der Waals surface area contributed by atoms with Crippen molar-refractivity contribution >= 4 is 40.5 Å². The fraction of sp³-hybridized carbons (Fsp3) is 0.737. The van der Waals surface area contributed by atoms with Crippen LogP contribution in [-0.4, -0.2) is 384 Å². The minimum atomic E-state index is -2.40. The molecule has 103 heavy (non-hydrogen) atoms. The monoisotopic (exact) mass is 1490 g/mol. The van der Waals surface area contributed by atoms with Crippen LogP contribution in [0.25, 0.3) is 6.08 Å². The molecule has 46 heteroatoms. The summed E-state index contributed by atoms with van der Waals surface area (Å²) in [5, 5.41) is 262. The third kappa shape index (κ3) is 16.7. The van der Waals surface area contributed by atoms with E-state index in [1.165, 1.54) is 24.3 Å². The zero-order valence-electron chi connectivity index (χ0n) is 53.0. The molecule has 0 aromatic heterocycles. The van der Waals surface area contributed by atoms with Gasteiger partial charge in [0.1, 0.15) is 178 Å². The molecule has 21 N–H and O–H groups in total. The third-order valence-electron chi connectivity index (χ3n) is 18.3. The molecule has 0 aliphatic carbocycles. The second-order valence-corrected chi connectivity index (χ2v) is 24.8. The van der Waals surface area contributed by atoms with E-state index in [2.05, 4.69) is 5.32 Å². The summed E-state index contributed by atoms with van der Waals surface area (Å²) >= 11 is 0. The number of nitrogens with zero attached hydrogens (tertiary/aromatic N) is 3. The van der Waals surface area contributed by atoms with E-state index in [4.69, 9.17) is 71.1 Å². The molecule has 21 fully saturated rings. The average Bonchev–Trinajstić information content (AvgIpc) is 0.833. The lowest BCUT2D eigenvalue weighted by Gasteiger charge is -2.50. The smallest absolute Gasteiger partial charge is 0.330 e. The first-order valence-corrected chi connectivity index (χ1v) is 31.7. The fourth-order valence-electron chi connectivity index (χ4n) is 12.7. The molecule has 0 spiro atoms. The number of nitro groups is 3. The van der Waals surface area contributed by atoms with Gasteiger partial charge in [-0.15, -0.1) is 0 Å². The molecule has 0 unspecified atom stereocenters. The van der Waals surface area contributed by atoms with Crippen molar-refractivity contribution in [3.63, 3.8) is 0 Å². The molecule has 2 aromatic carbocycles. The zero-order chi connectivity index (χ0) is 74.9. The van der Waals surface area contributed by atoms with Crippen LogP contribution in [0.15, 0.2) is 42.5 Å². The van der Waals surface area contributed by atoms with Gasteiger partial charge < -0.3 is 179 Å². The Bertz CT molecular complexity index is 3170. The molecule has 2 aromatic rings. The van der Waals surface area contributed by atoms with Crippen LogP contribution in [0, 0.1) is 30.3 Å². The maximum absolute atomic E-state index is 13.5. The van der Waals surface area contributed by atoms with Crippen molar-refractivity contribution in [2.75, 3.05) is 51.6 Å². The summed E-state index contributed by atoms with van der Waals surface area (Å²) in [5.41, 5.74) is -3.53. The quantitative estimate of drug-likeness (QED) is 0.0341. The number of non-ortho nitro benzene ring substituents is 1. The number of nitrogens with one attached hydrogen (secondary N) is 1. The molecule has 0 saturated carbocycles. The van der Waals surface area contributed by atoms with E-state index in [1.807, 2.05) is 0 Å². The molecule has 578 valence electrons. The van der Waals surface area contributed by atoms with Gasteiger partial charge in [0.15, 0.2) is 49.7 Å². The Labute approximate surface area is 576 Å². The van der Waals surface area contributed by atoms with Crippen LogP contribution in [0.4, 0.5) is 28.4 Å². The Morgan fingerprint density at radius 1 is 0.369 bits per heavy atom. The standard InChI is InChI=1S/C57H78N4O42/c62-9-21-44-31(70)38(77)52(91-21)99-46-23(11-64)93-54(40(79)33(46)72)101-48-25(13-66)95-56(42(81)35(48)74)103-50-27(15-89-28(68)6-3-16-1-4-17(5-2-16)58-29-19(60(85)86)7-18(59(83)84)8-20(29)61(87)88)96-57(43(82)36(50)75)102-49-26(14-67)94-55(41(80)34(49)73)100-47-24(12-65)92-53(39(78)32(47)71)98-45-22(10-63)90-51(97-44)37(76)30(45)69/h1-8,21-27,30-58,62-67,69-82H,9-15H2/b6-3+/t21-,22-,23-,24-,25-,26-,27-,30-,31-,32-,33-,34-,35-,36-,37-,38-,39-,40-,41-,42-,43-,44-,45-,46-,47-,48-,49-,50-,51-,52-,53-,54-,55-,56-,57-/m1/s1. The van der Waals surface area contributed by atoms with Crippen LogP contribution >= 0.6 is 0 Å². The zero-order valence-corrected chi connectivity index (χ0v) is 53.0. The number of carbonyl (C=O) groups is 1. The van der Waals surface area contributed by atoms with Crippen molar-refractivity contribution in [3.05, 3.63) is 78.4 Å². The van der Waals surface area contributed by atoms with Gasteiger partial charge in [-0.25, -0.2) is 4.79 Å². The molecule has 35 atom stereocenters. The Morgan fingerprint density at radius 3 is 0.845 bits per heavy atom. The van der Waals surface area contributed by atoms with Crippen molar-refractivity contribution in [1.29, 1.82) is 0 Å². The number of aliphatic hydroxyl groups excluding tert-OH is 20. The normalized spacial score (nSPS) is 44.2. The van der Waals surface area contributed by atoms with Crippen LogP contribution in [0.1, 0.15) is 5.56 Å². The number of nitro benzene ring substituents is 3. The number of carbonyl (C=O) groups excluding carboxylic acids is 1. The number of hydrogen-bond acceptors (Lipinski definition) is 43. The first kappa shape index (κ1) is 79.8. The van der Waals surface area contributed by atoms with Crippen molar-refractivity contribution in [3.8, 4) is 0 Å². The third-order valence-corrected chi connectivity index (χ3v) is 18.3. The molecule has 0 amide bonds. The SMILES string of the molecule is O=C(/C=C/c1ccc(Nc2c([N+](=O)[O-])cc([N+](=O)[O-])cc2[N+](=O)[O-])cc1)OC[C@H]1O[C@@H]2O[C@H]3[C@H](O)[C@@H](O)[C@@H](O[C@H]4[C@H](O)[C@@H](O)[C@@H](O[C@H]5[C@H](O)[C@@H](O)[C@@H](O[C@H]6[C@H](O)[C@@H](O)[C@@H](O[C@H]7[C@H](O)[C@@H](O)[C@@H](O[C@H]8[C@H](O)[C@@H](O)[C@@H](O[C@H]1[C@H](O)[C@H]2O)O[C@@H]8CO)O[C@@H]7CO)O[C@@H]6CO)O[C@@H]5CO)O[C@@H]4CO)O[C@@H]3CO. The van der Waals surface area contributed by atoms with Crippen molar-refractivity contribution < 1.29 is 193 Å². The first-order chi connectivity index (χ1) is 49.0. The maximum Gasteiger partial charge on any atom is 0.330 e. The fourth-order valence-corrected chi connectivity index (χ4v) is 12.7. The van der Waals surface area contributed by atoms with Crippen molar-refractivity contribution in [2.45, 2.75) is 215 Å². The number of aliphatic hydroxyl groups is 20. The summed E-state index contributed by atoms with van der Waals surface area (Å²) in [4.78, 5) is 45.3. The second-order valence-electron chi connectivity index (χ2n) is 24.8. The number of anilines is 2. The van der Waals surface area contributed by atoms with Gasteiger partial charge in [-0.05, 0) is 23.8 Å².